The first-order chi connectivity index (χ1) is 8.69. The third kappa shape index (κ3) is 3.45. The van der Waals surface area contributed by atoms with Gasteiger partial charge in [-0.3, -0.25) is 4.90 Å². The van der Waals surface area contributed by atoms with E-state index in [0.717, 1.165) is 31.0 Å². The molecule has 0 radical (unpaired) electrons. The first-order valence-corrected chi connectivity index (χ1v) is 6.35. The zero-order chi connectivity index (χ0) is 13.0. The van der Waals surface area contributed by atoms with Crippen LogP contribution in [-0.2, 0) is 4.74 Å². The van der Waals surface area contributed by atoms with Crippen molar-refractivity contribution < 1.29 is 14.6 Å². The van der Waals surface area contributed by atoms with E-state index in [0.29, 0.717) is 6.54 Å². The fraction of sp³-hybridized carbons (Fsp3) is 0.571. The van der Waals surface area contributed by atoms with Gasteiger partial charge in [-0.25, -0.2) is 0 Å². The van der Waals surface area contributed by atoms with E-state index in [9.17, 15) is 5.11 Å². The summed E-state index contributed by atoms with van der Waals surface area (Å²) in [6.07, 6.45) is -0.206. The fourth-order valence-corrected chi connectivity index (χ4v) is 2.23. The summed E-state index contributed by atoms with van der Waals surface area (Å²) in [5.74, 6) is 0.811. The molecule has 0 bridgehead atoms. The zero-order valence-corrected chi connectivity index (χ0v) is 11.0. The normalized spacial score (nSPS) is 22.7. The Labute approximate surface area is 108 Å². The third-order valence-corrected chi connectivity index (χ3v) is 3.26. The SMILES string of the molecule is COc1ccc(C(O)CN2CCOC(C)C2)cc1. The number of ether oxygens (including phenoxy) is 2. The summed E-state index contributed by atoms with van der Waals surface area (Å²) in [4.78, 5) is 2.24. The number of β-amino-alcohol motifs (C(OH)–C–C–N with tert-alkyl or cyclic N) is 1. The zero-order valence-electron chi connectivity index (χ0n) is 11.0. The van der Waals surface area contributed by atoms with Gasteiger partial charge >= 0.3 is 0 Å². The van der Waals surface area contributed by atoms with E-state index in [-0.39, 0.29) is 6.10 Å². The predicted octanol–water partition coefficient (Wildman–Crippen LogP) is 1.45. The predicted molar refractivity (Wildman–Crippen MR) is 69.8 cm³/mol. The highest BCUT2D eigenvalue weighted by Gasteiger charge is 2.19. The van der Waals surface area contributed by atoms with E-state index >= 15 is 0 Å². The molecule has 0 spiro atoms. The summed E-state index contributed by atoms with van der Waals surface area (Å²) in [7, 11) is 1.64. The van der Waals surface area contributed by atoms with E-state index < -0.39 is 6.10 Å². The Balaban J connectivity index is 1.91. The van der Waals surface area contributed by atoms with Crippen LogP contribution in [0.1, 0.15) is 18.6 Å². The number of benzene rings is 1. The van der Waals surface area contributed by atoms with Gasteiger partial charge in [0.05, 0.1) is 25.9 Å². The lowest BCUT2D eigenvalue weighted by Gasteiger charge is -2.32. The second-order valence-corrected chi connectivity index (χ2v) is 4.73. The molecule has 2 rings (SSSR count). The highest BCUT2D eigenvalue weighted by Crippen LogP contribution is 2.19. The van der Waals surface area contributed by atoms with Crippen LogP contribution in [0, 0.1) is 0 Å². The van der Waals surface area contributed by atoms with Crippen LogP contribution in [0.5, 0.6) is 5.75 Å². The summed E-state index contributed by atoms with van der Waals surface area (Å²) < 4.78 is 10.6. The first kappa shape index (κ1) is 13.3. The van der Waals surface area contributed by atoms with Crippen molar-refractivity contribution in [2.45, 2.75) is 19.1 Å². The highest BCUT2D eigenvalue weighted by molar-refractivity contribution is 5.28. The largest absolute Gasteiger partial charge is 0.497 e. The minimum atomic E-state index is -0.457. The van der Waals surface area contributed by atoms with E-state index in [2.05, 4.69) is 11.8 Å². The van der Waals surface area contributed by atoms with E-state index in [1.807, 2.05) is 24.3 Å². The molecule has 100 valence electrons. The molecule has 4 heteroatoms. The molecule has 1 aliphatic rings. The molecule has 1 aromatic carbocycles. The van der Waals surface area contributed by atoms with Crippen LogP contribution in [0.25, 0.3) is 0 Å². The second-order valence-electron chi connectivity index (χ2n) is 4.73. The molecular formula is C14H21NO3. The van der Waals surface area contributed by atoms with Crippen molar-refractivity contribution in [3.63, 3.8) is 0 Å². The number of hydrogen-bond donors (Lipinski definition) is 1. The summed E-state index contributed by atoms with van der Waals surface area (Å²) in [6.45, 7) is 5.23. The number of hydrogen-bond acceptors (Lipinski definition) is 4. The quantitative estimate of drug-likeness (QED) is 0.879. The molecule has 1 saturated heterocycles. The van der Waals surface area contributed by atoms with Crippen molar-refractivity contribution in [2.75, 3.05) is 33.4 Å². The smallest absolute Gasteiger partial charge is 0.118 e. The van der Waals surface area contributed by atoms with E-state index in [4.69, 9.17) is 9.47 Å². The number of rotatable bonds is 4. The van der Waals surface area contributed by atoms with Gasteiger partial charge in [0.15, 0.2) is 0 Å². The molecule has 1 aromatic rings. The molecule has 0 aromatic heterocycles. The minimum Gasteiger partial charge on any atom is -0.497 e. The lowest BCUT2D eigenvalue weighted by Crippen LogP contribution is -2.42. The van der Waals surface area contributed by atoms with Crippen molar-refractivity contribution in [1.82, 2.24) is 4.90 Å². The summed E-state index contributed by atoms with van der Waals surface area (Å²) in [6, 6.07) is 7.57. The van der Waals surface area contributed by atoms with Crippen LogP contribution in [-0.4, -0.2) is 49.5 Å². The number of aliphatic hydroxyl groups excluding tert-OH is 1. The van der Waals surface area contributed by atoms with Crippen molar-refractivity contribution in [3.05, 3.63) is 29.8 Å². The van der Waals surface area contributed by atoms with Gasteiger partial charge in [0.25, 0.3) is 0 Å². The highest BCUT2D eigenvalue weighted by atomic mass is 16.5. The number of aliphatic hydroxyl groups is 1. The van der Waals surface area contributed by atoms with Gasteiger partial charge in [0.1, 0.15) is 5.75 Å². The van der Waals surface area contributed by atoms with Crippen molar-refractivity contribution in [2.24, 2.45) is 0 Å². The van der Waals surface area contributed by atoms with Crippen molar-refractivity contribution >= 4 is 0 Å². The van der Waals surface area contributed by atoms with Gasteiger partial charge in [-0.15, -0.1) is 0 Å². The average Bonchev–Trinajstić information content (AvgIpc) is 2.39. The standard InChI is InChI=1S/C14H21NO3/c1-11-9-15(7-8-18-11)10-14(16)12-3-5-13(17-2)6-4-12/h3-6,11,14,16H,7-10H2,1-2H3. The lowest BCUT2D eigenvalue weighted by molar-refractivity contribution is -0.0319. The molecule has 1 N–H and O–H groups in total. The Bertz CT molecular complexity index is 366. The van der Waals surface area contributed by atoms with Gasteiger partial charge in [-0.1, -0.05) is 12.1 Å². The van der Waals surface area contributed by atoms with Crippen LogP contribution in [0.3, 0.4) is 0 Å². The Morgan fingerprint density at radius 2 is 2.17 bits per heavy atom. The van der Waals surface area contributed by atoms with Crippen molar-refractivity contribution in [1.29, 1.82) is 0 Å². The third-order valence-electron chi connectivity index (χ3n) is 3.26. The molecule has 1 aliphatic heterocycles. The van der Waals surface area contributed by atoms with Crippen LogP contribution in [0.4, 0.5) is 0 Å². The van der Waals surface area contributed by atoms with Gasteiger partial charge < -0.3 is 14.6 Å². The topological polar surface area (TPSA) is 41.9 Å². The molecule has 2 unspecified atom stereocenters. The Kier molecular flexibility index (Phi) is 4.58. The summed E-state index contributed by atoms with van der Waals surface area (Å²) >= 11 is 0. The lowest BCUT2D eigenvalue weighted by atomic mass is 10.1. The number of morpholine rings is 1. The molecule has 1 fully saturated rings. The van der Waals surface area contributed by atoms with E-state index in [1.165, 1.54) is 0 Å². The first-order valence-electron chi connectivity index (χ1n) is 6.35. The van der Waals surface area contributed by atoms with Crippen LogP contribution < -0.4 is 4.74 Å². The molecule has 2 atom stereocenters. The van der Waals surface area contributed by atoms with Gasteiger partial charge in [-0.05, 0) is 24.6 Å². The fourth-order valence-electron chi connectivity index (χ4n) is 2.23. The number of methoxy groups -OCH3 is 1. The Morgan fingerprint density at radius 1 is 1.44 bits per heavy atom. The molecule has 0 aliphatic carbocycles. The molecule has 1 heterocycles. The maximum Gasteiger partial charge on any atom is 0.118 e. The Hall–Kier alpha value is -1.10. The van der Waals surface area contributed by atoms with Gasteiger partial charge in [0, 0.05) is 19.6 Å². The van der Waals surface area contributed by atoms with E-state index in [1.54, 1.807) is 7.11 Å². The summed E-state index contributed by atoms with van der Waals surface area (Å²) in [5.41, 5.74) is 0.926. The van der Waals surface area contributed by atoms with Crippen LogP contribution >= 0.6 is 0 Å². The van der Waals surface area contributed by atoms with Crippen LogP contribution in [0.15, 0.2) is 24.3 Å². The van der Waals surface area contributed by atoms with Gasteiger partial charge in [0.2, 0.25) is 0 Å². The average molecular weight is 251 g/mol. The number of nitrogens with zero attached hydrogens (tertiary/aromatic N) is 1. The monoisotopic (exact) mass is 251 g/mol. The second kappa shape index (κ2) is 6.18. The van der Waals surface area contributed by atoms with Crippen LogP contribution in [0.2, 0.25) is 0 Å². The molecule has 18 heavy (non-hydrogen) atoms. The van der Waals surface area contributed by atoms with Gasteiger partial charge in [-0.2, -0.15) is 0 Å². The maximum absolute atomic E-state index is 10.2. The molecule has 4 nitrogen and oxygen atoms in total. The molecule has 0 amide bonds. The summed E-state index contributed by atoms with van der Waals surface area (Å²) in [5, 5.41) is 10.2. The Morgan fingerprint density at radius 3 is 2.78 bits per heavy atom. The minimum absolute atomic E-state index is 0.252. The maximum atomic E-state index is 10.2. The van der Waals surface area contributed by atoms with Crippen molar-refractivity contribution in [3.8, 4) is 5.75 Å². The molecular weight excluding hydrogens is 230 g/mol. The molecule has 0 saturated carbocycles.